The van der Waals surface area contributed by atoms with Crippen molar-refractivity contribution in [1.82, 2.24) is 9.80 Å². The van der Waals surface area contributed by atoms with E-state index in [4.69, 9.17) is 0 Å². The molecule has 0 saturated heterocycles. The smallest absolute Gasteiger partial charge is 0.229 e. The van der Waals surface area contributed by atoms with E-state index >= 15 is 0 Å². The van der Waals surface area contributed by atoms with Gasteiger partial charge < -0.3 is 9.80 Å². The molecule has 0 spiro atoms. The number of hydrogen-bond donors (Lipinski definition) is 0. The Morgan fingerprint density at radius 1 is 0.733 bits per heavy atom. The second-order valence-electron chi connectivity index (χ2n) is 7.76. The largest absolute Gasteiger partial charge is 0.377 e. The lowest BCUT2D eigenvalue weighted by molar-refractivity contribution is -0.696. The van der Waals surface area contributed by atoms with Crippen molar-refractivity contribution in [2.75, 3.05) is 28.2 Å². The van der Waals surface area contributed by atoms with E-state index in [9.17, 15) is 0 Å². The molecule has 3 heteroatoms. The third-order valence-electron chi connectivity index (χ3n) is 5.10. The standard InChI is InChI=1S/C27H32N3/c1-6-30-18-17-24(25(28(2)3)19-22-13-9-7-10-14-22)21-27(30)26(29(4)5)20-23-15-11-8-12-16-23/h7-21H,6H2,1-5H3/q+1. The molecule has 0 aliphatic rings. The highest BCUT2D eigenvalue weighted by atomic mass is 15.1. The Balaban J connectivity index is 2.14. The highest BCUT2D eigenvalue weighted by Crippen LogP contribution is 2.24. The first-order valence-electron chi connectivity index (χ1n) is 10.4. The molecule has 0 bridgehead atoms. The van der Waals surface area contributed by atoms with Crippen LogP contribution in [0.3, 0.4) is 0 Å². The van der Waals surface area contributed by atoms with Crippen molar-refractivity contribution in [3.05, 3.63) is 101 Å². The molecule has 30 heavy (non-hydrogen) atoms. The summed E-state index contributed by atoms with van der Waals surface area (Å²) in [6, 6.07) is 25.5. The molecule has 0 fully saturated rings. The van der Waals surface area contributed by atoms with E-state index in [-0.39, 0.29) is 0 Å². The lowest BCUT2D eigenvalue weighted by atomic mass is 10.1. The number of benzene rings is 2. The van der Waals surface area contributed by atoms with E-state index in [1.54, 1.807) is 0 Å². The highest BCUT2D eigenvalue weighted by molar-refractivity contribution is 5.83. The van der Waals surface area contributed by atoms with Gasteiger partial charge in [0.2, 0.25) is 5.69 Å². The van der Waals surface area contributed by atoms with Gasteiger partial charge in [-0.1, -0.05) is 60.7 Å². The Morgan fingerprint density at radius 3 is 1.70 bits per heavy atom. The molecule has 0 atom stereocenters. The Bertz CT molecular complexity index is 1020. The van der Waals surface area contributed by atoms with E-state index in [1.807, 2.05) is 0 Å². The zero-order chi connectivity index (χ0) is 21.5. The van der Waals surface area contributed by atoms with Gasteiger partial charge in [-0.2, -0.15) is 4.57 Å². The highest BCUT2D eigenvalue weighted by Gasteiger charge is 2.19. The van der Waals surface area contributed by atoms with Crippen LogP contribution in [-0.4, -0.2) is 38.0 Å². The van der Waals surface area contributed by atoms with Crippen molar-refractivity contribution in [3.63, 3.8) is 0 Å². The molecule has 0 saturated carbocycles. The predicted molar refractivity (Wildman–Crippen MR) is 128 cm³/mol. The Morgan fingerprint density at radius 2 is 1.23 bits per heavy atom. The fourth-order valence-electron chi connectivity index (χ4n) is 3.50. The maximum atomic E-state index is 2.30. The summed E-state index contributed by atoms with van der Waals surface area (Å²) in [6.45, 7) is 3.10. The van der Waals surface area contributed by atoms with Crippen molar-refractivity contribution in [1.29, 1.82) is 0 Å². The molecule has 0 aliphatic carbocycles. The summed E-state index contributed by atoms with van der Waals surface area (Å²) < 4.78 is 2.30. The predicted octanol–water partition coefficient (Wildman–Crippen LogP) is 5.11. The summed E-state index contributed by atoms with van der Waals surface area (Å²) in [5, 5.41) is 0. The second kappa shape index (κ2) is 9.93. The maximum Gasteiger partial charge on any atom is 0.229 e. The number of rotatable bonds is 7. The number of aromatic nitrogens is 1. The van der Waals surface area contributed by atoms with Gasteiger partial charge in [0, 0.05) is 51.6 Å². The average molecular weight is 399 g/mol. The van der Waals surface area contributed by atoms with Gasteiger partial charge in [-0.15, -0.1) is 0 Å². The molecule has 0 radical (unpaired) electrons. The number of pyridine rings is 1. The minimum Gasteiger partial charge on any atom is -0.377 e. The summed E-state index contributed by atoms with van der Waals surface area (Å²) in [4.78, 5) is 4.37. The van der Waals surface area contributed by atoms with Gasteiger partial charge in [0.1, 0.15) is 12.2 Å². The van der Waals surface area contributed by atoms with Crippen LogP contribution >= 0.6 is 0 Å². The van der Waals surface area contributed by atoms with Gasteiger partial charge in [0.15, 0.2) is 6.20 Å². The molecule has 0 aliphatic heterocycles. The molecule has 1 heterocycles. The zero-order valence-corrected chi connectivity index (χ0v) is 18.7. The normalized spacial score (nSPS) is 12.0. The first-order chi connectivity index (χ1) is 14.5. The summed E-state index contributed by atoms with van der Waals surface area (Å²) in [7, 11) is 8.41. The van der Waals surface area contributed by atoms with Crippen molar-refractivity contribution in [3.8, 4) is 0 Å². The first-order valence-corrected chi connectivity index (χ1v) is 10.4. The van der Waals surface area contributed by atoms with Crippen LogP contribution in [0.15, 0.2) is 79.0 Å². The number of aryl methyl sites for hydroxylation is 1. The average Bonchev–Trinajstić information content (AvgIpc) is 2.76. The van der Waals surface area contributed by atoms with Gasteiger partial charge in [-0.3, -0.25) is 0 Å². The summed E-state index contributed by atoms with van der Waals surface area (Å²) in [5.74, 6) is 0. The molecule has 3 rings (SSSR count). The van der Waals surface area contributed by atoms with Crippen LogP contribution in [0, 0.1) is 0 Å². The van der Waals surface area contributed by atoms with Crippen molar-refractivity contribution < 1.29 is 4.57 Å². The molecule has 1 aromatic heterocycles. The molecule has 3 nitrogen and oxygen atoms in total. The SMILES string of the molecule is CC[n+]1ccc(C(=Cc2ccccc2)N(C)C)cc1C(=Cc1ccccc1)N(C)C. The summed E-state index contributed by atoms with van der Waals surface area (Å²) in [6.07, 6.45) is 6.68. The molecular formula is C27H32N3+. The molecule has 154 valence electrons. The fourth-order valence-corrected chi connectivity index (χ4v) is 3.50. The maximum absolute atomic E-state index is 2.30. The molecule has 0 unspecified atom stereocenters. The molecular weight excluding hydrogens is 366 g/mol. The Kier molecular flexibility index (Phi) is 7.08. The lowest BCUT2D eigenvalue weighted by Gasteiger charge is -2.20. The van der Waals surface area contributed by atoms with E-state index in [0.717, 1.165) is 6.54 Å². The Labute approximate surface area is 181 Å². The molecule has 0 amide bonds. The minimum absolute atomic E-state index is 0.912. The van der Waals surface area contributed by atoms with Crippen LogP contribution in [0.4, 0.5) is 0 Å². The van der Waals surface area contributed by atoms with Crippen LogP contribution in [0.5, 0.6) is 0 Å². The van der Waals surface area contributed by atoms with Gasteiger partial charge in [0.05, 0.1) is 0 Å². The quantitative estimate of drug-likeness (QED) is 0.512. The van der Waals surface area contributed by atoms with Crippen LogP contribution in [0.2, 0.25) is 0 Å². The fraction of sp³-hybridized carbons (Fsp3) is 0.222. The van der Waals surface area contributed by atoms with Crippen molar-refractivity contribution in [2.45, 2.75) is 13.5 Å². The topological polar surface area (TPSA) is 10.4 Å². The van der Waals surface area contributed by atoms with Gasteiger partial charge in [-0.05, 0) is 30.2 Å². The summed E-state index contributed by atoms with van der Waals surface area (Å²) in [5.41, 5.74) is 7.16. The zero-order valence-electron chi connectivity index (χ0n) is 18.7. The molecule has 2 aromatic carbocycles. The molecule has 3 aromatic rings. The lowest BCUT2D eigenvalue weighted by Crippen LogP contribution is -2.38. The van der Waals surface area contributed by atoms with Gasteiger partial charge >= 0.3 is 0 Å². The van der Waals surface area contributed by atoms with Crippen LogP contribution < -0.4 is 4.57 Å². The summed E-state index contributed by atoms with van der Waals surface area (Å²) >= 11 is 0. The number of hydrogen-bond acceptors (Lipinski definition) is 2. The van der Waals surface area contributed by atoms with Crippen molar-refractivity contribution in [2.24, 2.45) is 0 Å². The third kappa shape index (κ3) is 5.18. The van der Waals surface area contributed by atoms with Crippen LogP contribution in [-0.2, 0) is 6.54 Å². The van der Waals surface area contributed by atoms with Crippen LogP contribution in [0.25, 0.3) is 23.5 Å². The third-order valence-corrected chi connectivity index (χ3v) is 5.10. The number of nitrogens with zero attached hydrogens (tertiary/aromatic N) is 3. The van der Waals surface area contributed by atoms with Gasteiger partial charge in [0.25, 0.3) is 0 Å². The monoisotopic (exact) mass is 398 g/mol. The second-order valence-corrected chi connectivity index (χ2v) is 7.76. The molecule has 0 N–H and O–H groups in total. The Hall–Kier alpha value is -3.33. The van der Waals surface area contributed by atoms with Gasteiger partial charge in [-0.25, -0.2) is 0 Å². The minimum atomic E-state index is 0.912. The van der Waals surface area contributed by atoms with E-state index < -0.39 is 0 Å². The van der Waals surface area contributed by atoms with E-state index in [0.29, 0.717) is 0 Å². The van der Waals surface area contributed by atoms with Crippen LogP contribution in [0.1, 0.15) is 29.3 Å². The first kappa shape index (κ1) is 21.4. The van der Waals surface area contributed by atoms with E-state index in [2.05, 4.69) is 141 Å². The van der Waals surface area contributed by atoms with Crippen molar-refractivity contribution >= 4 is 23.5 Å². The van der Waals surface area contributed by atoms with E-state index in [1.165, 1.54) is 33.8 Å².